The van der Waals surface area contributed by atoms with Gasteiger partial charge in [-0.15, -0.1) is 0 Å². The largest absolute Gasteiger partial charge is 0.455 e. The number of furan rings is 1. The fourth-order valence-electron chi connectivity index (χ4n) is 2.29. The molecule has 28 heavy (non-hydrogen) atoms. The highest BCUT2D eigenvalue weighted by atomic mass is 79.9. The maximum atomic E-state index is 10.9. The number of nitrogens with one attached hydrogen (secondary N) is 1. The molecule has 0 unspecified atom stereocenters. The number of halogens is 2. The first-order chi connectivity index (χ1) is 13.3. The number of non-ortho nitro benzene ring substituents is 2. The maximum absolute atomic E-state index is 10.9. The van der Waals surface area contributed by atoms with E-state index < -0.39 is 9.85 Å². The van der Waals surface area contributed by atoms with E-state index in [9.17, 15) is 20.2 Å². The molecular weight excluding hydrogens is 500 g/mol. The third-order valence-corrected chi connectivity index (χ3v) is 4.83. The van der Waals surface area contributed by atoms with Gasteiger partial charge in [-0.1, -0.05) is 0 Å². The fraction of sp³-hybridized carbons (Fsp3) is 0. The van der Waals surface area contributed by atoms with Crippen LogP contribution in [-0.4, -0.2) is 16.1 Å². The van der Waals surface area contributed by atoms with Crippen LogP contribution in [0.25, 0.3) is 11.3 Å². The Hall–Kier alpha value is -3.05. The zero-order chi connectivity index (χ0) is 20.3. The molecule has 0 radical (unpaired) electrons. The highest BCUT2D eigenvalue weighted by Gasteiger charge is 2.17. The van der Waals surface area contributed by atoms with Gasteiger partial charge in [-0.3, -0.25) is 25.7 Å². The van der Waals surface area contributed by atoms with Gasteiger partial charge in [0.1, 0.15) is 11.5 Å². The molecular formula is C17H10Br2N4O5. The highest BCUT2D eigenvalue weighted by Crippen LogP contribution is 2.38. The lowest BCUT2D eigenvalue weighted by Crippen LogP contribution is -1.91. The Bertz CT molecular complexity index is 1060. The normalized spacial score (nSPS) is 10.9. The molecule has 3 rings (SSSR count). The van der Waals surface area contributed by atoms with Gasteiger partial charge >= 0.3 is 0 Å². The van der Waals surface area contributed by atoms with Crippen LogP contribution in [0, 0.1) is 20.2 Å². The van der Waals surface area contributed by atoms with E-state index in [0.717, 1.165) is 0 Å². The average molecular weight is 510 g/mol. The van der Waals surface area contributed by atoms with Gasteiger partial charge in [0.2, 0.25) is 0 Å². The van der Waals surface area contributed by atoms with Crippen LogP contribution in [0.15, 0.2) is 67.0 Å². The van der Waals surface area contributed by atoms with Gasteiger partial charge in [0.05, 0.1) is 21.7 Å². The molecule has 1 heterocycles. The molecule has 0 amide bonds. The van der Waals surface area contributed by atoms with E-state index in [1.807, 2.05) is 0 Å². The molecule has 0 aliphatic carbocycles. The third kappa shape index (κ3) is 4.43. The molecule has 2 aromatic carbocycles. The second-order valence-corrected chi connectivity index (χ2v) is 7.13. The Morgan fingerprint density at radius 2 is 1.54 bits per heavy atom. The van der Waals surface area contributed by atoms with Crippen molar-refractivity contribution in [3.63, 3.8) is 0 Å². The van der Waals surface area contributed by atoms with Gasteiger partial charge in [-0.25, -0.2) is 0 Å². The SMILES string of the molecule is O=[N+]([O-])c1ccc(N/N=C\c2ccc(-c3c(Br)cc([N+](=O)[O-])cc3Br)o2)cc1. The number of benzene rings is 2. The van der Waals surface area contributed by atoms with E-state index in [-0.39, 0.29) is 11.4 Å². The molecule has 142 valence electrons. The summed E-state index contributed by atoms with van der Waals surface area (Å²) in [5, 5.41) is 25.6. The first-order valence-electron chi connectivity index (χ1n) is 7.62. The van der Waals surface area contributed by atoms with Crippen LogP contribution in [0.1, 0.15) is 5.76 Å². The summed E-state index contributed by atoms with van der Waals surface area (Å²) in [6.07, 6.45) is 1.44. The quantitative estimate of drug-likeness (QED) is 0.257. The minimum atomic E-state index is -0.483. The van der Waals surface area contributed by atoms with Crippen molar-refractivity contribution in [1.82, 2.24) is 0 Å². The van der Waals surface area contributed by atoms with Crippen LogP contribution in [0.4, 0.5) is 17.1 Å². The molecule has 0 fully saturated rings. The Morgan fingerprint density at radius 3 is 2.11 bits per heavy atom. The Morgan fingerprint density at radius 1 is 0.929 bits per heavy atom. The van der Waals surface area contributed by atoms with E-state index in [1.165, 1.54) is 42.6 Å². The van der Waals surface area contributed by atoms with Gasteiger partial charge in [0.25, 0.3) is 11.4 Å². The number of nitro groups is 2. The van der Waals surface area contributed by atoms with Gasteiger partial charge in [0.15, 0.2) is 0 Å². The molecule has 11 heteroatoms. The van der Waals surface area contributed by atoms with E-state index in [4.69, 9.17) is 4.42 Å². The zero-order valence-electron chi connectivity index (χ0n) is 13.8. The molecule has 0 bridgehead atoms. The minimum absolute atomic E-state index is 0.00976. The predicted molar refractivity (Wildman–Crippen MR) is 111 cm³/mol. The summed E-state index contributed by atoms with van der Waals surface area (Å²) in [6, 6.07) is 12.0. The number of anilines is 1. The van der Waals surface area contributed by atoms with Crippen LogP contribution in [0.2, 0.25) is 0 Å². The van der Waals surface area contributed by atoms with Crippen molar-refractivity contribution < 1.29 is 14.3 Å². The topological polar surface area (TPSA) is 124 Å². The molecule has 0 atom stereocenters. The second-order valence-electron chi connectivity index (χ2n) is 5.42. The van der Waals surface area contributed by atoms with E-state index in [1.54, 1.807) is 12.1 Å². The van der Waals surface area contributed by atoms with E-state index in [0.29, 0.717) is 31.7 Å². The van der Waals surface area contributed by atoms with E-state index >= 15 is 0 Å². The zero-order valence-corrected chi connectivity index (χ0v) is 17.0. The van der Waals surface area contributed by atoms with Crippen LogP contribution >= 0.6 is 31.9 Å². The van der Waals surface area contributed by atoms with Crippen molar-refractivity contribution in [2.45, 2.75) is 0 Å². The van der Waals surface area contributed by atoms with Gasteiger partial charge < -0.3 is 4.42 Å². The molecule has 0 saturated carbocycles. The lowest BCUT2D eigenvalue weighted by atomic mass is 10.1. The molecule has 9 nitrogen and oxygen atoms in total. The standard InChI is InChI=1S/C17H10Br2N4O5/c18-14-7-12(23(26)27)8-15(19)17(14)16-6-5-13(28-16)9-20-21-10-1-3-11(4-2-10)22(24)25/h1-9,21H/b20-9-. The highest BCUT2D eigenvalue weighted by molar-refractivity contribution is 9.11. The summed E-state index contributed by atoms with van der Waals surface area (Å²) in [4.78, 5) is 20.6. The van der Waals surface area contributed by atoms with Crippen LogP contribution in [-0.2, 0) is 0 Å². The first-order valence-corrected chi connectivity index (χ1v) is 9.21. The minimum Gasteiger partial charge on any atom is -0.455 e. The smallest absolute Gasteiger partial charge is 0.271 e. The number of rotatable bonds is 6. The first kappa shape index (κ1) is 19.7. The Balaban J connectivity index is 1.75. The molecule has 3 aromatic rings. The van der Waals surface area contributed by atoms with Gasteiger partial charge in [-0.05, 0) is 56.1 Å². The van der Waals surface area contributed by atoms with Crippen LogP contribution in [0.3, 0.4) is 0 Å². The van der Waals surface area contributed by atoms with Crippen molar-refractivity contribution in [1.29, 1.82) is 0 Å². The number of hydrazone groups is 1. The summed E-state index contributed by atoms with van der Waals surface area (Å²) < 4.78 is 6.73. The fourth-order valence-corrected chi connectivity index (χ4v) is 3.84. The summed E-state index contributed by atoms with van der Waals surface area (Å²) >= 11 is 6.65. The molecule has 0 saturated heterocycles. The van der Waals surface area contributed by atoms with E-state index in [2.05, 4.69) is 42.4 Å². The van der Waals surface area contributed by atoms with Crippen molar-refractivity contribution in [2.24, 2.45) is 5.10 Å². The lowest BCUT2D eigenvalue weighted by molar-refractivity contribution is -0.385. The molecule has 0 aliphatic rings. The number of nitro benzene ring substituents is 2. The summed E-state index contributed by atoms with van der Waals surface area (Å²) in [5.41, 5.74) is 3.89. The summed E-state index contributed by atoms with van der Waals surface area (Å²) in [7, 11) is 0. The molecule has 1 N–H and O–H groups in total. The number of hydrogen-bond acceptors (Lipinski definition) is 7. The second kappa shape index (κ2) is 8.31. The maximum Gasteiger partial charge on any atom is 0.271 e. The van der Waals surface area contributed by atoms with Crippen molar-refractivity contribution in [3.8, 4) is 11.3 Å². The number of hydrogen-bond donors (Lipinski definition) is 1. The molecule has 1 aromatic heterocycles. The Kier molecular flexibility index (Phi) is 5.85. The van der Waals surface area contributed by atoms with Crippen molar-refractivity contribution >= 4 is 55.1 Å². The average Bonchev–Trinajstić information content (AvgIpc) is 3.10. The Labute approximate surface area is 174 Å². The van der Waals surface area contributed by atoms with Gasteiger partial charge in [-0.2, -0.15) is 5.10 Å². The van der Waals surface area contributed by atoms with Gasteiger partial charge in [0, 0.05) is 38.8 Å². The van der Waals surface area contributed by atoms with Crippen molar-refractivity contribution in [3.05, 3.63) is 83.5 Å². The lowest BCUT2D eigenvalue weighted by Gasteiger charge is -2.04. The van der Waals surface area contributed by atoms with Crippen molar-refractivity contribution in [2.75, 3.05) is 5.43 Å². The van der Waals surface area contributed by atoms with Crippen LogP contribution in [0.5, 0.6) is 0 Å². The van der Waals surface area contributed by atoms with Crippen LogP contribution < -0.4 is 5.43 Å². The summed E-state index contributed by atoms with van der Waals surface area (Å²) in [5.74, 6) is 0.937. The third-order valence-electron chi connectivity index (χ3n) is 3.57. The number of nitrogens with zero attached hydrogens (tertiary/aromatic N) is 3. The molecule has 0 aliphatic heterocycles. The molecule has 0 spiro atoms. The summed E-state index contributed by atoms with van der Waals surface area (Å²) in [6.45, 7) is 0. The predicted octanol–water partition coefficient (Wildman–Crippen LogP) is 5.73. The monoisotopic (exact) mass is 508 g/mol.